The van der Waals surface area contributed by atoms with E-state index in [1.54, 1.807) is 0 Å². The minimum Gasteiger partial charge on any atom is -0.508 e. The molecular weight excluding hydrogens is 228 g/mol. The molecule has 92 valence electrons. The topological polar surface area (TPSA) is 102 Å². The molecule has 0 saturated heterocycles. The summed E-state index contributed by atoms with van der Waals surface area (Å²) in [6, 6.07) is 2.90. The number of carbonyl (C=O) groups excluding carboxylic acids is 1. The van der Waals surface area contributed by atoms with E-state index in [9.17, 15) is 14.9 Å². The summed E-state index contributed by atoms with van der Waals surface area (Å²) in [7, 11) is 1.23. The molecule has 0 heterocycles. The number of nitrogens with zero attached hydrogens (tertiary/aromatic N) is 1. The van der Waals surface area contributed by atoms with Gasteiger partial charge in [-0.15, -0.1) is 0 Å². The van der Waals surface area contributed by atoms with Crippen molar-refractivity contribution in [2.75, 3.05) is 12.4 Å². The van der Waals surface area contributed by atoms with Crippen LogP contribution in [0.5, 0.6) is 5.75 Å². The average Bonchev–Trinajstić information content (AvgIpc) is 2.29. The molecular formula is C10H12N2O5. The van der Waals surface area contributed by atoms with Crippen molar-refractivity contribution in [3.8, 4) is 5.75 Å². The first kappa shape index (κ1) is 12.8. The van der Waals surface area contributed by atoms with E-state index in [4.69, 9.17) is 5.11 Å². The molecule has 0 aliphatic heterocycles. The van der Waals surface area contributed by atoms with Crippen LogP contribution in [0.25, 0.3) is 0 Å². The number of hydrogen-bond acceptors (Lipinski definition) is 6. The summed E-state index contributed by atoms with van der Waals surface area (Å²) in [5, 5.41) is 22.5. The van der Waals surface area contributed by atoms with E-state index in [1.165, 1.54) is 26.2 Å². The Balaban J connectivity index is 2.98. The molecule has 0 bridgehead atoms. The Morgan fingerprint density at radius 2 is 2.24 bits per heavy atom. The molecule has 7 heteroatoms. The Bertz CT molecular complexity index is 446. The maximum absolute atomic E-state index is 11.2. The van der Waals surface area contributed by atoms with Gasteiger partial charge in [-0.1, -0.05) is 0 Å². The Morgan fingerprint density at radius 1 is 1.59 bits per heavy atom. The average molecular weight is 240 g/mol. The van der Waals surface area contributed by atoms with Crippen molar-refractivity contribution in [3.05, 3.63) is 28.3 Å². The summed E-state index contributed by atoms with van der Waals surface area (Å²) < 4.78 is 4.49. The zero-order valence-corrected chi connectivity index (χ0v) is 9.34. The van der Waals surface area contributed by atoms with Crippen LogP contribution in [0.4, 0.5) is 11.4 Å². The number of rotatable bonds is 4. The third-order valence-electron chi connectivity index (χ3n) is 2.10. The van der Waals surface area contributed by atoms with Gasteiger partial charge in [-0.05, 0) is 19.1 Å². The third kappa shape index (κ3) is 3.07. The summed E-state index contributed by atoms with van der Waals surface area (Å²) >= 11 is 0. The maximum atomic E-state index is 11.2. The van der Waals surface area contributed by atoms with Crippen LogP contribution in [0.3, 0.4) is 0 Å². The van der Waals surface area contributed by atoms with E-state index < -0.39 is 16.9 Å². The Kier molecular flexibility index (Phi) is 3.86. The second-order valence-corrected chi connectivity index (χ2v) is 3.35. The molecule has 0 amide bonds. The molecule has 0 spiro atoms. The lowest BCUT2D eigenvalue weighted by Gasteiger charge is -2.12. The number of carbonyl (C=O) groups is 1. The number of hydrogen-bond donors (Lipinski definition) is 2. The van der Waals surface area contributed by atoms with Crippen molar-refractivity contribution < 1.29 is 19.6 Å². The smallest absolute Gasteiger partial charge is 0.327 e. The van der Waals surface area contributed by atoms with Crippen molar-refractivity contribution in [1.29, 1.82) is 0 Å². The van der Waals surface area contributed by atoms with E-state index in [0.29, 0.717) is 0 Å². The molecule has 0 fully saturated rings. The molecule has 0 aliphatic rings. The van der Waals surface area contributed by atoms with Gasteiger partial charge < -0.3 is 15.2 Å². The van der Waals surface area contributed by atoms with Gasteiger partial charge in [0.1, 0.15) is 17.5 Å². The van der Waals surface area contributed by atoms with Crippen LogP contribution in [0.1, 0.15) is 6.92 Å². The van der Waals surface area contributed by atoms with Gasteiger partial charge >= 0.3 is 5.97 Å². The van der Waals surface area contributed by atoms with Crippen molar-refractivity contribution >= 4 is 17.3 Å². The third-order valence-corrected chi connectivity index (χ3v) is 2.10. The lowest BCUT2D eigenvalue weighted by atomic mass is 10.2. The van der Waals surface area contributed by atoms with Crippen molar-refractivity contribution in [3.63, 3.8) is 0 Å². The van der Waals surface area contributed by atoms with Crippen LogP contribution in [0.15, 0.2) is 18.2 Å². The van der Waals surface area contributed by atoms with E-state index >= 15 is 0 Å². The molecule has 0 saturated carbocycles. The minimum absolute atomic E-state index is 0.144. The number of benzene rings is 1. The summed E-state index contributed by atoms with van der Waals surface area (Å²) in [6.07, 6.45) is 0. The zero-order chi connectivity index (χ0) is 13.0. The maximum Gasteiger partial charge on any atom is 0.327 e. The van der Waals surface area contributed by atoms with Crippen molar-refractivity contribution in [1.82, 2.24) is 0 Å². The number of esters is 1. The van der Waals surface area contributed by atoms with Gasteiger partial charge in [-0.25, -0.2) is 4.79 Å². The Morgan fingerprint density at radius 3 is 2.76 bits per heavy atom. The Hall–Kier alpha value is -2.31. The number of nitro groups is 1. The normalized spacial score (nSPS) is 11.6. The standard InChI is InChI=1S/C10H12N2O5/c1-6(10(14)17-2)11-8-4-3-7(13)5-9(8)12(15)16/h3-6,11,13H,1-2H3. The van der Waals surface area contributed by atoms with Gasteiger partial charge in [-0.2, -0.15) is 0 Å². The summed E-state index contributed by atoms with van der Waals surface area (Å²) in [4.78, 5) is 21.2. The fourth-order valence-electron chi connectivity index (χ4n) is 1.26. The van der Waals surface area contributed by atoms with Crippen LogP contribution in [0, 0.1) is 10.1 Å². The molecule has 0 aromatic heterocycles. The van der Waals surface area contributed by atoms with Gasteiger partial charge in [0, 0.05) is 0 Å². The molecule has 0 radical (unpaired) electrons. The molecule has 0 aliphatic carbocycles. The van der Waals surface area contributed by atoms with Crippen LogP contribution < -0.4 is 5.32 Å². The predicted molar refractivity (Wildman–Crippen MR) is 59.9 cm³/mol. The predicted octanol–water partition coefficient (Wildman–Crippen LogP) is 1.27. The van der Waals surface area contributed by atoms with Crippen molar-refractivity contribution in [2.24, 2.45) is 0 Å². The number of nitro benzene ring substituents is 1. The molecule has 1 aromatic rings. The number of phenolic OH excluding ortho intramolecular Hbond substituents is 1. The van der Waals surface area contributed by atoms with Crippen molar-refractivity contribution in [2.45, 2.75) is 13.0 Å². The fourth-order valence-corrected chi connectivity index (χ4v) is 1.26. The number of aromatic hydroxyl groups is 1. The molecule has 1 aromatic carbocycles. The van der Waals surface area contributed by atoms with Gasteiger partial charge in [0.25, 0.3) is 5.69 Å². The SMILES string of the molecule is COC(=O)C(C)Nc1ccc(O)cc1[N+](=O)[O-]. The number of nitrogens with one attached hydrogen (secondary N) is 1. The molecule has 1 rings (SSSR count). The highest BCUT2D eigenvalue weighted by atomic mass is 16.6. The Labute approximate surface area is 97.2 Å². The lowest BCUT2D eigenvalue weighted by Crippen LogP contribution is -2.27. The second-order valence-electron chi connectivity index (χ2n) is 3.35. The zero-order valence-electron chi connectivity index (χ0n) is 9.34. The summed E-state index contributed by atoms with van der Waals surface area (Å²) in [6.45, 7) is 1.52. The van der Waals surface area contributed by atoms with Crippen LogP contribution in [-0.2, 0) is 9.53 Å². The molecule has 1 unspecified atom stereocenters. The van der Waals surface area contributed by atoms with Gasteiger partial charge in [-0.3, -0.25) is 10.1 Å². The largest absolute Gasteiger partial charge is 0.508 e. The summed E-state index contributed by atoms with van der Waals surface area (Å²) in [5.74, 6) is -0.750. The summed E-state index contributed by atoms with van der Waals surface area (Å²) in [5.41, 5.74) is -0.161. The first-order valence-corrected chi connectivity index (χ1v) is 4.77. The van der Waals surface area contributed by atoms with Gasteiger partial charge in [0.15, 0.2) is 0 Å². The monoisotopic (exact) mass is 240 g/mol. The number of anilines is 1. The molecule has 17 heavy (non-hydrogen) atoms. The highest BCUT2D eigenvalue weighted by molar-refractivity contribution is 5.80. The fraction of sp³-hybridized carbons (Fsp3) is 0.300. The minimum atomic E-state index is -0.719. The highest BCUT2D eigenvalue weighted by Crippen LogP contribution is 2.28. The van der Waals surface area contributed by atoms with Gasteiger partial charge in [0.05, 0.1) is 18.1 Å². The lowest BCUT2D eigenvalue weighted by molar-refractivity contribution is -0.384. The number of methoxy groups -OCH3 is 1. The quantitative estimate of drug-likeness (QED) is 0.355. The second kappa shape index (κ2) is 5.15. The molecule has 7 nitrogen and oxygen atoms in total. The first-order chi connectivity index (χ1) is 7.95. The first-order valence-electron chi connectivity index (χ1n) is 4.77. The van der Waals surface area contributed by atoms with E-state index in [0.717, 1.165) is 6.07 Å². The van der Waals surface area contributed by atoms with Gasteiger partial charge in [0.2, 0.25) is 0 Å². The van der Waals surface area contributed by atoms with E-state index in [-0.39, 0.29) is 17.1 Å². The van der Waals surface area contributed by atoms with E-state index in [1.807, 2.05) is 0 Å². The van der Waals surface area contributed by atoms with E-state index in [2.05, 4.69) is 10.1 Å². The molecule has 1 atom stereocenters. The molecule has 2 N–H and O–H groups in total. The van der Waals surface area contributed by atoms with Crippen LogP contribution >= 0.6 is 0 Å². The highest BCUT2D eigenvalue weighted by Gasteiger charge is 2.19. The number of ether oxygens (including phenoxy) is 1. The van der Waals surface area contributed by atoms with Crippen LogP contribution in [-0.4, -0.2) is 29.2 Å². The number of phenols is 1. The van der Waals surface area contributed by atoms with Crippen LogP contribution in [0.2, 0.25) is 0 Å².